The molecule has 4 heterocycles. The van der Waals surface area contributed by atoms with E-state index in [1.807, 2.05) is 12.1 Å². The molecule has 3 aliphatic rings. The van der Waals surface area contributed by atoms with Gasteiger partial charge in [-0.25, -0.2) is 0 Å². The summed E-state index contributed by atoms with van der Waals surface area (Å²) in [6.07, 6.45) is 3.78. The van der Waals surface area contributed by atoms with Crippen LogP contribution in [-0.4, -0.2) is 66.9 Å². The average Bonchev–Trinajstić information content (AvgIpc) is 3.24. The summed E-state index contributed by atoms with van der Waals surface area (Å²) in [5.74, 6) is 2.63. The molecule has 6 heteroatoms. The molecule has 0 N–H and O–H groups in total. The number of piperazine rings is 1. The first-order valence-electron chi connectivity index (χ1n) is 12.1. The maximum atomic E-state index is 6.25. The first kappa shape index (κ1) is 20.1. The van der Waals surface area contributed by atoms with Gasteiger partial charge >= 0.3 is 0 Å². The van der Waals surface area contributed by atoms with E-state index in [0.717, 1.165) is 61.9 Å². The fourth-order valence-corrected chi connectivity index (χ4v) is 5.43. The molecule has 0 amide bonds. The molecule has 6 nitrogen and oxygen atoms in total. The normalized spacial score (nSPS) is 24.3. The summed E-state index contributed by atoms with van der Waals surface area (Å²) in [7, 11) is 0. The highest BCUT2D eigenvalue weighted by molar-refractivity contribution is 5.88. The minimum absolute atomic E-state index is 0.593. The zero-order valence-electron chi connectivity index (χ0n) is 18.7. The molecule has 0 spiro atoms. The van der Waals surface area contributed by atoms with Crippen LogP contribution in [-0.2, 0) is 6.54 Å². The smallest absolute Gasteiger partial charge is 0.180 e. The van der Waals surface area contributed by atoms with E-state index in [1.165, 1.54) is 37.9 Å². The van der Waals surface area contributed by atoms with E-state index in [1.54, 1.807) is 0 Å². The Morgan fingerprint density at radius 1 is 0.969 bits per heavy atom. The summed E-state index contributed by atoms with van der Waals surface area (Å²) in [5, 5.41) is 5.50. The number of fused-ring (bicyclic) bond motifs is 2. The molecule has 6 rings (SSSR count). The largest absolute Gasteiger partial charge is 0.493 e. The second-order valence-electron chi connectivity index (χ2n) is 9.63. The molecule has 2 atom stereocenters. The molecule has 32 heavy (non-hydrogen) atoms. The third-order valence-electron chi connectivity index (χ3n) is 7.40. The summed E-state index contributed by atoms with van der Waals surface area (Å²) in [6.45, 7) is 8.56. The van der Waals surface area contributed by atoms with Crippen molar-refractivity contribution < 1.29 is 9.26 Å². The number of para-hydroxylation sites is 1. The fourth-order valence-electron chi connectivity index (χ4n) is 5.43. The summed E-state index contributed by atoms with van der Waals surface area (Å²) in [6, 6.07) is 17.4. The molecule has 3 saturated heterocycles. The molecule has 0 radical (unpaired) electrons. The lowest BCUT2D eigenvalue weighted by molar-refractivity contribution is 0.0726. The van der Waals surface area contributed by atoms with Gasteiger partial charge in [0, 0.05) is 44.7 Å². The Hall–Kier alpha value is -2.57. The van der Waals surface area contributed by atoms with Gasteiger partial charge in [0.05, 0.1) is 12.0 Å². The predicted octanol–water partition coefficient (Wildman–Crippen LogP) is 4.01. The van der Waals surface area contributed by atoms with Crippen LogP contribution in [0, 0.1) is 5.92 Å². The number of hydrogen-bond acceptors (Lipinski definition) is 6. The number of hydrogen-bond donors (Lipinski definition) is 0. The topological polar surface area (TPSA) is 45.0 Å². The van der Waals surface area contributed by atoms with Crippen LogP contribution in [0.2, 0.25) is 0 Å². The van der Waals surface area contributed by atoms with Gasteiger partial charge in [-0.05, 0) is 62.2 Å². The van der Waals surface area contributed by atoms with E-state index in [-0.39, 0.29) is 0 Å². The second-order valence-corrected chi connectivity index (χ2v) is 9.63. The minimum Gasteiger partial charge on any atom is -0.493 e. The van der Waals surface area contributed by atoms with Crippen molar-refractivity contribution in [2.24, 2.45) is 5.92 Å². The quantitative estimate of drug-likeness (QED) is 0.586. The van der Waals surface area contributed by atoms with Gasteiger partial charge in [-0.3, -0.25) is 9.80 Å². The lowest BCUT2D eigenvalue weighted by atomic mass is 9.91. The van der Waals surface area contributed by atoms with Gasteiger partial charge in [-0.1, -0.05) is 29.4 Å². The summed E-state index contributed by atoms with van der Waals surface area (Å²) in [5.41, 5.74) is 2.24. The molecular formula is C26H32N4O2. The summed E-state index contributed by atoms with van der Waals surface area (Å²) in [4.78, 5) is 7.56. The molecule has 0 aliphatic carbocycles. The van der Waals surface area contributed by atoms with Crippen LogP contribution in [0.15, 0.2) is 53.1 Å². The van der Waals surface area contributed by atoms with Gasteiger partial charge in [0.15, 0.2) is 11.4 Å². The van der Waals surface area contributed by atoms with Crippen molar-refractivity contribution in [3.05, 3.63) is 54.1 Å². The number of likely N-dealkylation sites (tertiary alicyclic amines) is 1. The maximum absolute atomic E-state index is 6.25. The number of piperidine rings is 1. The number of ether oxygens (including phenoxy) is 1. The van der Waals surface area contributed by atoms with E-state index in [9.17, 15) is 0 Å². The van der Waals surface area contributed by atoms with Gasteiger partial charge in [0.25, 0.3) is 0 Å². The van der Waals surface area contributed by atoms with Crippen molar-refractivity contribution in [2.75, 3.05) is 50.8 Å². The Balaban J connectivity index is 1.03. The Kier molecular flexibility index (Phi) is 5.49. The molecule has 3 aromatic rings. The number of rotatable bonds is 6. The molecule has 2 unspecified atom stereocenters. The van der Waals surface area contributed by atoms with E-state index < -0.39 is 0 Å². The Bertz CT molecular complexity index is 1060. The first-order valence-corrected chi connectivity index (χ1v) is 12.1. The van der Waals surface area contributed by atoms with Crippen LogP contribution >= 0.6 is 0 Å². The van der Waals surface area contributed by atoms with Gasteiger partial charge < -0.3 is 14.2 Å². The molecule has 168 valence electrons. The molecule has 3 fully saturated rings. The summed E-state index contributed by atoms with van der Waals surface area (Å²) < 4.78 is 11.8. The van der Waals surface area contributed by atoms with E-state index in [0.29, 0.717) is 12.0 Å². The first-order chi connectivity index (χ1) is 15.8. The van der Waals surface area contributed by atoms with E-state index in [4.69, 9.17) is 9.26 Å². The minimum atomic E-state index is 0.593. The standard InChI is InChI=1S/C26H32N4O2/c1-2-8-25-24(7-1)26(27-32-25)30-14-13-29-17-21(9-10-22(29)18-30)19-31-23-6-3-5-20(15-23)16-28-11-4-12-28/h1-3,5-8,15,21-22H,4,9-14,16-19H2. The van der Waals surface area contributed by atoms with Crippen molar-refractivity contribution in [3.63, 3.8) is 0 Å². The van der Waals surface area contributed by atoms with Crippen molar-refractivity contribution in [2.45, 2.75) is 31.8 Å². The van der Waals surface area contributed by atoms with E-state index >= 15 is 0 Å². The van der Waals surface area contributed by atoms with Gasteiger partial charge in [-0.15, -0.1) is 0 Å². The summed E-state index contributed by atoms with van der Waals surface area (Å²) >= 11 is 0. The molecule has 2 aromatic carbocycles. The third-order valence-corrected chi connectivity index (χ3v) is 7.40. The second kappa shape index (κ2) is 8.75. The van der Waals surface area contributed by atoms with Crippen LogP contribution in [0.5, 0.6) is 5.75 Å². The Morgan fingerprint density at radius 2 is 1.91 bits per heavy atom. The molecular weight excluding hydrogens is 400 g/mol. The average molecular weight is 433 g/mol. The lowest BCUT2D eigenvalue weighted by Crippen LogP contribution is -2.57. The van der Waals surface area contributed by atoms with Crippen LogP contribution in [0.1, 0.15) is 24.8 Å². The lowest BCUT2D eigenvalue weighted by Gasteiger charge is -2.46. The van der Waals surface area contributed by atoms with Gasteiger partial charge in [0.2, 0.25) is 0 Å². The maximum Gasteiger partial charge on any atom is 0.180 e. The molecule has 0 bridgehead atoms. The van der Waals surface area contributed by atoms with Gasteiger partial charge in [-0.2, -0.15) is 0 Å². The van der Waals surface area contributed by atoms with Crippen LogP contribution in [0.25, 0.3) is 11.0 Å². The van der Waals surface area contributed by atoms with Crippen molar-refractivity contribution in [3.8, 4) is 5.75 Å². The fraction of sp³-hybridized carbons (Fsp3) is 0.500. The SMILES string of the molecule is c1cc(CN2CCC2)cc(OCC2CCC3CN(c4noc5ccccc45)CCN3C2)c1. The number of benzene rings is 2. The van der Waals surface area contributed by atoms with Crippen molar-refractivity contribution >= 4 is 16.8 Å². The molecule has 1 aromatic heterocycles. The zero-order valence-corrected chi connectivity index (χ0v) is 18.7. The number of aromatic nitrogens is 1. The monoisotopic (exact) mass is 432 g/mol. The van der Waals surface area contributed by atoms with Crippen LogP contribution < -0.4 is 9.64 Å². The molecule has 3 aliphatic heterocycles. The van der Waals surface area contributed by atoms with Crippen molar-refractivity contribution in [1.82, 2.24) is 15.0 Å². The van der Waals surface area contributed by atoms with Crippen LogP contribution in [0.3, 0.4) is 0 Å². The number of nitrogens with zero attached hydrogens (tertiary/aromatic N) is 4. The van der Waals surface area contributed by atoms with Crippen LogP contribution in [0.4, 0.5) is 5.82 Å². The Labute approximate surface area is 189 Å². The van der Waals surface area contributed by atoms with Crippen molar-refractivity contribution in [1.29, 1.82) is 0 Å². The van der Waals surface area contributed by atoms with Gasteiger partial charge in [0.1, 0.15) is 5.75 Å². The van der Waals surface area contributed by atoms with E-state index in [2.05, 4.69) is 56.3 Å². The highest BCUT2D eigenvalue weighted by atomic mass is 16.5. The zero-order chi connectivity index (χ0) is 21.3. The Morgan fingerprint density at radius 3 is 2.81 bits per heavy atom. The number of anilines is 1. The highest BCUT2D eigenvalue weighted by Gasteiger charge is 2.34. The highest BCUT2D eigenvalue weighted by Crippen LogP contribution is 2.31. The molecule has 0 saturated carbocycles. The third kappa shape index (κ3) is 4.09. The predicted molar refractivity (Wildman–Crippen MR) is 126 cm³/mol.